The Bertz CT molecular complexity index is 634. The standard InChI is InChI=1S/C23H37N3O2.HI/c1-5-28-21-8-6-20(7-9-21)23(10-12-27-13-11-23)17-25-22(24-4)26-15-18(2)14-19(3)16-26;/h6-9,18-19H,5,10-17H2,1-4H3,(H,24,25);1H. The summed E-state index contributed by atoms with van der Waals surface area (Å²) in [5, 5.41) is 3.72. The van der Waals surface area contributed by atoms with Crippen molar-refractivity contribution in [1.29, 1.82) is 0 Å². The van der Waals surface area contributed by atoms with Crippen LogP contribution in [0.3, 0.4) is 0 Å². The van der Waals surface area contributed by atoms with Gasteiger partial charge >= 0.3 is 0 Å². The van der Waals surface area contributed by atoms with Crippen molar-refractivity contribution in [3.8, 4) is 5.75 Å². The van der Waals surface area contributed by atoms with E-state index < -0.39 is 0 Å². The number of piperidine rings is 1. The summed E-state index contributed by atoms with van der Waals surface area (Å²) in [4.78, 5) is 7.04. The van der Waals surface area contributed by atoms with Crippen molar-refractivity contribution in [3.05, 3.63) is 29.8 Å². The lowest BCUT2D eigenvalue weighted by molar-refractivity contribution is 0.0510. The number of halogens is 1. The molecule has 6 heteroatoms. The van der Waals surface area contributed by atoms with Crippen molar-refractivity contribution < 1.29 is 9.47 Å². The molecule has 2 atom stereocenters. The molecule has 0 spiro atoms. The summed E-state index contributed by atoms with van der Waals surface area (Å²) in [5.41, 5.74) is 1.44. The van der Waals surface area contributed by atoms with Crippen molar-refractivity contribution >= 4 is 29.9 Å². The second kappa shape index (κ2) is 11.4. The topological polar surface area (TPSA) is 46.1 Å². The van der Waals surface area contributed by atoms with Crippen LogP contribution in [0.4, 0.5) is 0 Å². The monoisotopic (exact) mass is 515 g/mol. The van der Waals surface area contributed by atoms with E-state index in [2.05, 4.69) is 53.3 Å². The number of hydrogen-bond acceptors (Lipinski definition) is 3. The van der Waals surface area contributed by atoms with Crippen LogP contribution in [0.1, 0.15) is 45.6 Å². The van der Waals surface area contributed by atoms with Crippen LogP contribution in [0.2, 0.25) is 0 Å². The first kappa shape index (κ1) is 24.3. The van der Waals surface area contributed by atoms with Gasteiger partial charge in [0.25, 0.3) is 0 Å². The highest BCUT2D eigenvalue weighted by atomic mass is 127. The zero-order valence-corrected chi connectivity index (χ0v) is 20.8. The third-order valence-electron chi connectivity index (χ3n) is 6.19. The number of nitrogens with zero attached hydrogens (tertiary/aromatic N) is 2. The molecule has 2 heterocycles. The van der Waals surface area contributed by atoms with Crippen LogP contribution in [-0.4, -0.2) is 57.4 Å². The van der Waals surface area contributed by atoms with Crippen molar-refractivity contribution in [2.45, 2.75) is 45.4 Å². The van der Waals surface area contributed by atoms with E-state index in [9.17, 15) is 0 Å². The summed E-state index contributed by atoms with van der Waals surface area (Å²) in [6.07, 6.45) is 3.36. The zero-order chi connectivity index (χ0) is 20.0. The summed E-state index contributed by atoms with van der Waals surface area (Å²) >= 11 is 0. The van der Waals surface area contributed by atoms with Crippen molar-refractivity contribution in [1.82, 2.24) is 10.2 Å². The van der Waals surface area contributed by atoms with E-state index in [-0.39, 0.29) is 29.4 Å². The number of benzene rings is 1. The molecule has 0 amide bonds. The predicted octanol–water partition coefficient (Wildman–Crippen LogP) is 4.30. The Morgan fingerprint density at radius 2 is 1.79 bits per heavy atom. The summed E-state index contributed by atoms with van der Waals surface area (Å²) in [7, 11) is 1.90. The molecule has 0 aliphatic carbocycles. The van der Waals surface area contributed by atoms with Gasteiger partial charge in [-0.25, -0.2) is 0 Å². The average Bonchev–Trinajstić information content (AvgIpc) is 2.69. The van der Waals surface area contributed by atoms with Gasteiger partial charge in [0, 0.05) is 45.3 Å². The number of ether oxygens (including phenoxy) is 2. The quantitative estimate of drug-likeness (QED) is 0.361. The van der Waals surface area contributed by atoms with Crippen LogP contribution in [0, 0.1) is 11.8 Å². The number of rotatable bonds is 5. The second-order valence-corrected chi connectivity index (χ2v) is 8.60. The third-order valence-corrected chi connectivity index (χ3v) is 6.19. The molecule has 0 bridgehead atoms. The maximum Gasteiger partial charge on any atom is 0.193 e. The van der Waals surface area contributed by atoms with Crippen LogP contribution in [0.15, 0.2) is 29.3 Å². The average molecular weight is 515 g/mol. The van der Waals surface area contributed by atoms with Crippen molar-refractivity contribution in [2.75, 3.05) is 46.5 Å². The van der Waals surface area contributed by atoms with Crippen LogP contribution >= 0.6 is 24.0 Å². The SMILES string of the molecule is CCOc1ccc(C2(CNC(=NC)N3CC(C)CC(C)C3)CCOCC2)cc1.I. The zero-order valence-electron chi connectivity index (χ0n) is 18.4. The van der Waals surface area contributed by atoms with Crippen LogP contribution in [-0.2, 0) is 10.2 Å². The molecule has 29 heavy (non-hydrogen) atoms. The van der Waals surface area contributed by atoms with Gasteiger partial charge in [0.2, 0.25) is 0 Å². The minimum absolute atomic E-state index is 0. The van der Waals surface area contributed by atoms with E-state index >= 15 is 0 Å². The summed E-state index contributed by atoms with van der Waals surface area (Å²) in [6, 6.07) is 8.65. The van der Waals surface area contributed by atoms with Gasteiger partial charge in [-0.3, -0.25) is 4.99 Å². The number of hydrogen-bond donors (Lipinski definition) is 1. The first-order valence-corrected chi connectivity index (χ1v) is 10.8. The maximum absolute atomic E-state index is 5.69. The van der Waals surface area contributed by atoms with Gasteiger partial charge < -0.3 is 19.7 Å². The van der Waals surface area contributed by atoms with Crippen LogP contribution in [0.25, 0.3) is 0 Å². The Hall–Kier alpha value is -1.02. The van der Waals surface area contributed by atoms with Crippen molar-refractivity contribution in [2.24, 2.45) is 16.8 Å². The van der Waals surface area contributed by atoms with Gasteiger partial charge in [0.1, 0.15) is 5.75 Å². The fourth-order valence-electron chi connectivity index (χ4n) is 4.82. The molecule has 2 aliphatic rings. The lowest BCUT2D eigenvalue weighted by Crippen LogP contribution is -2.52. The number of guanidine groups is 1. The van der Waals surface area contributed by atoms with Gasteiger partial charge in [-0.15, -0.1) is 24.0 Å². The highest BCUT2D eigenvalue weighted by Gasteiger charge is 2.35. The molecule has 2 saturated heterocycles. The van der Waals surface area contributed by atoms with Crippen molar-refractivity contribution in [3.63, 3.8) is 0 Å². The molecular formula is C23H38IN3O2. The maximum atomic E-state index is 5.69. The lowest BCUT2D eigenvalue weighted by Gasteiger charge is -2.41. The number of nitrogens with one attached hydrogen (secondary N) is 1. The second-order valence-electron chi connectivity index (χ2n) is 8.60. The Balaban J connectivity index is 0.00000300. The summed E-state index contributed by atoms with van der Waals surface area (Å²) in [6.45, 7) is 12.1. The molecular weight excluding hydrogens is 477 g/mol. The summed E-state index contributed by atoms with van der Waals surface area (Å²) in [5.74, 6) is 3.40. The highest BCUT2D eigenvalue weighted by Crippen LogP contribution is 2.35. The molecule has 2 unspecified atom stereocenters. The first-order chi connectivity index (χ1) is 13.6. The van der Waals surface area contributed by atoms with E-state index in [4.69, 9.17) is 9.47 Å². The molecule has 2 fully saturated rings. The minimum Gasteiger partial charge on any atom is -0.494 e. The largest absolute Gasteiger partial charge is 0.494 e. The van der Waals surface area contributed by atoms with E-state index in [0.29, 0.717) is 18.4 Å². The van der Waals surface area contributed by atoms with Gasteiger partial charge in [-0.1, -0.05) is 26.0 Å². The molecule has 1 aromatic rings. The fraction of sp³-hybridized carbons (Fsp3) is 0.696. The minimum atomic E-state index is 0. The Kier molecular flexibility index (Phi) is 9.53. The van der Waals surface area contributed by atoms with E-state index in [0.717, 1.165) is 57.4 Å². The predicted molar refractivity (Wildman–Crippen MR) is 131 cm³/mol. The smallest absolute Gasteiger partial charge is 0.193 e. The molecule has 3 rings (SSSR count). The molecule has 0 aromatic heterocycles. The molecule has 0 saturated carbocycles. The van der Waals surface area contributed by atoms with Crippen LogP contribution < -0.4 is 10.1 Å². The molecule has 1 aromatic carbocycles. The molecule has 0 radical (unpaired) electrons. The third kappa shape index (κ3) is 6.23. The lowest BCUT2D eigenvalue weighted by atomic mass is 9.74. The number of aliphatic imine (C=N–C) groups is 1. The Morgan fingerprint density at radius 3 is 2.34 bits per heavy atom. The van der Waals surface area contributed by atoms with E-state index in [1.54, 1.807) is 0 Å². The Morgan fingerprint density at radius 1 is 1.17 bits per heavy atom. The van der Waals surface area contributed by atoms with E-state index in [1.807, 2.05) is 14.0 Å². The van der Waals surface area contributed by atoms with Gasteiger partial charge in [-0.2, -0.15) is 0 Å². The van der Waals surface area contributed by atoms with Gasteiger partial charge in [0.05, 0.1) is 6.61 Å². The summed E-state index contributed by atoms with van der Waals surface area (Å²) < 4.78 is 11.3. The van der Waals surface area contributed by atoms with Gasteiger partial charge in [0.15, 0.2) is 5.96 Å². The molecule has 5 nitrogen and oxygen atoms in total. The molecule has 164 valence electrons. The normalized spacial score (nSPS) is 24.6. The highest BCUT2D eigenvalue weighted by molar-refractivity contribution is 14.0. The van der Waals surface area contributed by atoms with Crippen LogP contribution in [0.5, 0.6) is 5.75 Å². The Labute approximate surface area is 193 Å². The first-order valence-electron chi connectivity index (χ1n) is 10.8. The molecule has 1 N–H and O–H groups in total. The molecule has 2 aliphatic heterocycles. The van der Waals surface area contributed by atoms with Gasteiger partial charge in [-0.05, 0) is 55.7 Å². The van der Waals surface area contributed by atoms with E-state index in [1.165, 1.54) is 12.0 Å². The fourth-order valence-corrected chi connectivity index (χ4v) is 4.82. The number of likely N-dealkylation sites (tertiary alicyclic amines) is 1.